The van der Waals surface area contributed by atoms with Crippen LogP contribution in [0.1, 0.15) is 36.0 Å². The van der Waals surface area contributed by atoms with E-state index in [-0.39, 0.29) is 5.91 Å². The van der Waals surface area contributed by atoms with Crippen LogP contribution in [0.3, 0.4) is 0 Å². The van der Waals surface area contributed by atoms with Gasteiger partial charge in [0.05, 0.1) is 5.56 Å². The number of hydrogen-bond acceptors (Lipinski definition) is 4. The molecule has 120 valence electrons. The first-order valence-electron chi connectivity index (χ1n) is 7.46. The van der Waals surface area contributed by atoms with E-state index in [1.807, 2.05) is 0 Å². The minimum absolute atomic E-state index is 0.309. The molecule has 1 aromatic carbocycles. The van der Waals surface area contributed by atoms with Crippen LogP contribution in [0.2, 0.25) is 10.0 Å². The lowest BCUT2D eigenvalue weighted by molar-refractivity contribution is 0.102. The second-order valence-corrected chi connectivity index (χ2v) is 6.41. The van der Waals surface area contributed by atoms with E-state index in [2.05, 4.69) is 20.6 Å². The zero-order valence-corrected chi connectivity index (χ0v) is 13.9. The maximum Gasteiger partial charge on any atom is 0.258 e. The zero-order chi connectivity index (χ0) is 16.2. The van der Waals surface area contributed by atoms with E-state index in [1.165, 1.54) is 25.2 Å². The van der Waals surface area contributed by atoms with E-state index in [0.717, 1.165) is 12.8 Å². The molecular formula is C16H16Cl2N4O. The number of hydrogen-bond donors (Lipinski definition) is 2. The molecular weight excluding hydrogens is 335 g/mol. The number of benzene rings is 1. The number of rotatable bonds is 4. The highest BCUT2D eigenvalue weighted by atomic mass is 35.5. The quantitative estimate of drug-likeness (QED) is 0.857. The Morgan fingerprint density at radius 3 is 2.26 bits per heavy atom. The number of aromatic nitrogens is 2. The smallest absolute Gasteiger partial charge is 0.258 e. The summed E-state index contributed by atoms with van der Waals surface area (Å²) in [5.41, 5.74) is 0.902. The summed E-state index contributed by atoms with van der Waals surface area (Å²) < 4.78 is 0. The van der Waals surface area contributed by atoms with Gasteiger partial charge in [-0.15, -0.1) is 0 Å². The van der Waals surface area contributed by atoms with Crippen LogP contribution in [0, 0.1) is 0 Å². The van der Waals surface area contributed by atoms with Crippen LogP contribution in [0.4, 0.5) is 11.6 Å². The summed E-state index contributed by atoms with van der Waals surface area (Å²) in [4.78, 5) is 20.6. The number of anilines is 2. The average molecular weight is 351 g/mol. The molecule has 1 heterocycles. The van der Waals surface area contributed by atoms with Crippen LogP contribution < -0.4 is 10.6 Å². The number of nitrogens with one attached hydrogen (secondary N) is 2. The van der Waals surface area contributed by atoms with E-state index < -0.39 is 0 Å². The first kappa shape index (κ1) is 16.0. The van der Waals surface area contributed by atoms with Crippen LogP contribution >= 0.6 is 23.2 Å². The number of carbonyl (C=O) groups excluding carboxylic acids is 1. The van der Waals surface area contributed by atoms with E-state index >= 15 is 0 Å². The molecule has 1 amide bonds. The topological polar surface area (TPSA) is 66.9 Å². The van der Waals surface area contributed by atoms with Gasteiger partial charge in [-0.05, 0) is 31.0 Å². The molecule has 0 bridgehead atoms. The largest absolute Gasteiger partial charge is 0.351 e. The van der Waals surface area contributed by atoms with Crippen molar-refractivity contribution in [2.75, 3.05) is 10.6 Å². The molecule has 1 saturated carbocycles. The van der Waals surface area contributed by atoms with Gasteiger partial charge >= 0.3 is 0 Å². The minimum Gasteiger partial charge on any atom is -0.351 e. The molecule has 2 aromatic rings. The van der Waals surface area contributed by atoms with Gasteiger partial charge in [-0.2, -0.15) is 0 Å². The van der Waals surface area contributed by atoms with E-state index in [4.69, 9.17) is 23.2 Å². The van der Waals surface area contributed by atoms with Gasteiger partial charge in [0, 0.05) is 34.2 Å². The molecule has 0 aliphatic heterocycles. The van der Waals surface area contributed by atoms with E-state index in [9.17, 15) is 4.79 Å². The first-order chi connectivity index (χ1) is 11.1. The zero-order valence-electron chi connectivity index (χ0n) is 12.4. The first-order valence-corrected chi connectivity index (χ1v) is 8.22. The van der Waals surface area contributed by atoms with E-state index in [0.29, 0.717) is 33.3 Å². The van der Waals surface area contributed by atoms with Crippen molar-refractivity contribution in [3.63, 3.8) is 0 Å². The summed E-state index contributed by atoms with van der Waals surface area (Å²) in [6, 6.07) is 5.29. The Labute approximate surface area is 144 Å². The summed E-state index contributed by atoms with van der Waals surface area (Å²) in [7, 11) is 0. The Morgan fingerprint density at radius 1 is 1.04 bits per heavy atom. The van der Waals surface area contributed by atoms with Crippen LogP contribution in [0.25, 0.3) is 0 Å². The third-order valence-electron chi connectivity index (χ3n) is 3.72. The molecule has 7 heteroatoms. The molecule has 23 heavy (non-hydrogen) atoms. The van der Waals surface area contributed by atoms with Crippen LogP contribution in [-0.2, 0) is 0 Å². The maximum absolute atomic E-state index is 12.2. The van der Waals surface area contributed by atoms with Crippen molar-refractivity contribution in [1.29, 1.82) is 0 Å². The molecule has 0 spiro atoms. The van der Waals surface area contributed by atoms with Gasteiger partial charge < -0.3 is 10.6 Å². The van der Waals surface area contributed by atoms with Gasteiger partial charge in [0.1, 0.15) is 0 Å². The van der Waals surface area contributed by atoms with Crippen molar-refractivity contribution in [1.82, 2.24) is 9.97 Å². The summed E-state index contributed by atoms with van der Waals surface area (Å²) in [6.45, 7) is 0. The SMILES string of the molecule is O=C(Nc1cc(Cl)cc(Cl)c1)c1cnc(NC2CCCC2)nc1. The third kappa shape index (κ3) is 4.33. The van der Waals surface area contributed by atoms with Crippen molar-refractivity contribution in [3.05, 3.63) is 46.2 Å². The molecule has 0 atom stereocenters. The molecule has 1 fully saturated rings. The van der Waals surface area contributed by atoms with E-state index in [1.54, 1.807) is 18.2 Å². The fraction of sp³-hybridized carbons (Fsp3) is 0.312. The van der Waals surface area contributed by atoms with Crippen molar-refractivity contribution < 1.29 is 4.79 Å². The monoisotopic (exact) mass is 350 g/mol. The van der Waals surface area contributed by atoms with Gasteiger partial charge in [0.15, 0.2) is 0 Å². The van der Waals surface area contributed by atoms with Gasteiger partial charge in [0.2, 0.25) is 5.95 Å². The summed E-state index contributed by atoms with van der Waals surface area (Å²) in [5, 5.41) is 6.92. The Balaban J connectivity index is 1.65. The molecule has 0 radical (unpaired) electrons. The van der Waals surface area contributed by atoms with Gasteiger partial charge in [-0.1, -0.05) is 36.0 Å². The van der Waals surface area contributed by atoms with Gasteiger partial charge in [-0.25, -0.2) is 9.97 Å². The summed E-state index contributed by atoms with van der Waals surface area (Å²) in [5.74, 6) is 0.245. The lowest BCUT2D eigenvalue weighted by Crippen LogP contribution is -2.18. The lowest BCUT2D eigenvalue weighted by atomic mass is 10.2. The minimum atomic E-state index is -0.309. The van der Waals surface area contributed by atoms with Crippen LogP contribution in [0.15, 0.2) is 30.6 Å². The Bertz CT molecular complexity index is 679. The second-order valence-electron chi connectivity index (χ2n) is 5.53. The molecule has 3 rings (SSSR count). The summed E-state index contributed by atoms with van der Waals surface area (Å²) in [6.07, 6.45) is 7.76. The standard InChI is InChI=1S/C16H16Cl2N4O/c17-11-5-12(18)7-14(6-11)21-15(23)10-8-19-16(20-9-10)22-13-3-1-2-4-13/h5-9,13H,1-4H2,(H,21,23)(H,19,20,22). The van der Waals surface area contributed by atoms with Crippen molar-refractivity contribution in [3.8, 4) is 0 Å². The second kappa shape index (κ2) is 7.15. The Hall–Kier alpha value is -1.85. The predicted octanol–water partition coefficient (Wildman–Crippen LogP) is 4.39. The van der Waals surface area contributed by atoms with Crippen LogP contribution in [0.5, 0.6) is 0 Å². The van der Waals surface area contributed by atoms with Crippen molar-refractivity contribution in [2.24, 2.45) is 0 Å². The molecule has 2 N–H and O–H groups in total. The predicted molar refractivity (Wildman–Crippen MR) is 92.3 cm³/mol. The third-order valence-corrected chi connectivity index (χ3v) is 4.16. The van der Waals surface area contributed by atoms with Gasteiger partial charge in [-0.3, -0.25) is 4.79 Å². The number of amides is 1. The van der Waals surface area contributed by atoms with Crippen molar-refractivity contribution in [2.45, 2.75) is 31.7 Å². The number of carbonyl (C=O) groups is 1. The highest BCUT2D eigenvalue weighted by Crippen LogP contribution is 2.23. The lowest BCUT2D eigenvalue weighted by Gasteiger charge is -2.11. The fourth-order valence-corrected chi connectivity index (χ4v) is 3.13. The fourth-order valence-electron chi connectivity index (χ4n) is 2.60. The Morgan fingerprint density at radius 2 is 1.65 bits per heavy atom. The molecule has 1 aliphatic carbocycles. The number of nitrogens with zero attached hydrogens (tertiary/aromatic N) is 2. The average Bonchev–Trinajstić information content (AvgIpc) is 3.00. The highest BCUT2D eigenvalue weighted by Gasteiger charge is 2.16. The maximum atomic E-state index is 12.2. The molecule has 1 aliphatic rings. The van der Waals surface area contributed by atoms with Crippen molar-refractivity contribution >= 4 is 40.7 Å². The molecule has 0 unspecified atom stereocenters. The van der Waals surface area contributed by atoms with Gasteiger partial charge in [0.25, 0.3) is 5.91 Å². The van der Waals surface area contributed by atoms with Crippen LogP contribution in [-0.4, -0.2) is 21.9 Å². The number of halogens is 2. The Kier molecular flexibility index (Phi) is 4.98. The highest BCUT2D eigenvalue weighted by molar-refractivity contribution is 6.35. The molecule has 5 nitrogen and oxygen atoms in total. The molecule has 0 saturated heterocycles. The summed E-state index contributed by atoms with van der Waals surface area (Å²) >= 11 is 11.8. The normalized spacial score (nSPS) is 14.7. The molecule has 1 aromatic heterocycles.